The molecule has 0 bridgehead atoms. The largest absolute Gasteiger partial charge is 0.497 e. The van der Waals surface area contributed by atoms with Crippen molar-refractivity contribution in [2.24, 2.45) is 0 Å². The van der Waals surface area contributed by atoms with Crippen molar-refractivity contribution in [1.82, 2.24) is 15.1 Å². The van der Waals surface area contributed by atoms with Crippen LogP contribution in [-0.4, -0.2) is 37.1 Å². The molecule has 2 heterocycles. The van der Waals surface area contributed by atoms with Crippen LogP contribution in [0.25, 0.3) is 5.69 Å². The summed E-state index contributed by atoms with van der Waals surface area (Å²) in [7, 11) is -1.80. The minimum absolute atomic E-state index is 0.168. The number of sulfone groups is 1. The molecule has 3 aromatic rings. The summed E-state index contributed by atoms with van der Waals surface area (Å²) in [6, 6.07) is 16.1. The summed E-state index contributed by atoms with van der Waals surface area (Å²) < 4.78 is 30.7. The fraction of sp³-hybridized carbons (Fsp3) is 0.190. The summed E-state index contributed by atoms with van der Waals surface area (Å²) in [5, 5.41) is 9.47. The average molecular weight is 440 g/mol. The van der Waals surface area contributed by atoms with Gasteiger partial charge in [0.25, 0.3) is 0 Å². The first-order valence-electron chi connectivity index (χ1n) is 9.45. The van der Waals surface area contributed by atoms with E-state index in [0.717, 1.165) is 5.56 Å². The van der Waals surface area contributed by atoms with E-state index in [1.54, 1.807) is 31.4 Å². The van der Waals surface area contributed by atoms with Gasteiger partial charge in [0.2, 0.25) is 0 Å². The lowest BCUT2D eigenvalue weighted by Gasteiger charge is -2.12. The third-order valence-corrected chi connectivity index (χ3v) is 6.28. The zero-order valence-corrected chi connectivity index (χ0v) is 17.5. The monoisotopic (exact) mass is 440 g/mol. The number of carbonyl (C=O) groups is 2. The highest BCUT2D eigenvalue weighted by Crippen LogP contribution is 2.33. The molecule has 2 N–H and O–H groups in total. The van der Waals surface area contributed by atoms with E-state index in [0.29, 0.717) is 22.7 Å². The lowest BCUT2D eigenvalue weighted by Crippen LogP contribution is -2.35. The number of nitrogens with one attached hydrogen (secondary N) is 2. The van der Waals surface area contributed by atoms with Crippen molar-refractivity contribution in [3.05, 3.63) is 71.4 Å². The Balaban J connectivity index is 1.58. The number of hydrogen-bond donors (Lipinski definition) is 2. The van der Waals surface area contributed by atoms with Crippen molar-refractivity contribution in [3.8, 4) is 11.4 Å². The lowest BCUT2D eigenvalue weighted by atomic mass is 10.2. The molecule has 4 rings (SSSR count). The van der Waals surface area contributed by atoms with Crippen molar-refractivity contribution in [2.45, 2.75) is 18.1 Å². The summed E-state index contributed by atoms with van der Waals surface area (Å²) in [4.78, 5) is 24.9. The standard InChI is InChI=1S/C21H20N4O5S/c1-30-16-9-7-15(8-10-16)25-19(17-12-31(28,29)13-18(17)24-25)23-21(27)20(26)22-11-14-5-3-2-4-6-14/h2-10H,11-13H2,1H3,(H,22,26)(H,23,27). The van der Waals surface area contributed by atoms with Crippen molar-refractivity contribution in [1.29, 1.82) is 0 Å². The summed E-state index contributed by atoms with van der Waals surface area (Å²) in [5.74, 6) is -1.40. The average Bonchev–Trinajstić information content (AvgIpc) is 3.25. The molecule has 2 amide bonds. The van der Waals surface area contributed by atoms with Gasteiger partial charge in [0, 0.05) is 12.1 Å². The predicted octanol–water partition coefficient (Wildman–Crippen LogP) is 1.56. The minimum Gasteiger partial charge on any atom is -0.497 e. The highest BCUT2D eigenvalue weighted by molar-refractivity contribution is 7.90. The van der Waals surface area contributed by atoms with Gasteiger partial charge in [-0.1, -0.05) is 30.3 Å². The molecule has 160 valence electrons. The van der Waals surface area contributed by atoms with E-state index in [9.17, 15) is 18.0 Å². The molecule has 1 aliphatic rings. The van der Waals surface area contributed by atoms with Crippen LogP contribution in [-0.2, 0) is 37.5 Å². The Labute approximate surface area is 178 Å². The number of rotatable bonds is 5. The summed E-state index contributed by atoms with van der Waals surface area (Å²) >= 11 is 0. The van der Waals surface area contributed by atoms with Crippen molar-refractivity contribution < 1.29 is 22.7 Å². The molecule has 0 saturated carbocycles. The van der Waals surface area contributed by atoms with E-state index in [1.807, 2.05) is 30.3 Å². The third-order valence-electron chi connectivity index (χ3n) is 4.84. The number of carbonyl (C=O) groups excluding carboxylic acids is 2. The number of fused-ring (bicyclic) bond motifs is 1. The number of hydrogen-bond acceptors (Lipinski definition) is 6. The molecule has 10 heteroatoms. The number of nitrogens with zero attached hydrogens (tertiary/aromatic N) is 2. The van der Waals surface area contributed by atoms with E-state index in [-0.39, 0.29) is 23.9 Å². The van der Waals surface area contributed by atoms with Crippen molar-refractivity contribution >= 4 is 27.5 Å². The maximum atomic E-state index is 12.5. The summed E-state index contributed by atoms with van der Waals surface area (Å²) in [5.41, 5.74) is 2.18. The Bertz CT molecular complexity index is 1230. The SMILES string of the molecule is COc1ccc(-n2nc3c(c2NC(=O)C(=O)NCc2ccccc2)CS(=O)(=O)C3)cc1. The van der Waals surface area contributed by atoms with Crippen LogP contribution in [0.1, 0.15) is 16.8 Å². The number of methoxy groups -OCH3 is 1. The maximum absolute atomic E-state index is 12.5. The van der Waals surface area contributed by atoms with Gasteiger partial charge < -0.3 is 15.4 Å². The number of anilines is 1. The van der Waals surface area contributed by atoms with Gasteiger partial charge in [0.05, 0.1) is 30.0 Å². The molecule has 0 fully saturated rings. The van der Waals surface area contributed by atoms with Crippen LogP contribution in [0.15, 0.2) is 54.6 Å². The Hall–Kier alpha value is -3.66. The number of benzene rings is 2. The molecule has 0 unspecified atom stereocenters. The smallest absolute Gasteiger partial charge is 0.314 e. The van der Waals surface area contributed by atoms with Crippen molar-refractivity contribution in [2.75, 3.05) is 12.4 Å². The van der Waals surface area contributed by atoms with Crippen LogP contribution >= 0.6 is 0 Å². The van der Waals surface area contributed by atoms with E-state index >= 15 is 0 Å². The van der Waals surface area contributed by atoms with Gasteiger partial charge >= 0.3 is 11.8 Å². The van der Waals surface area contributed by atoms with Crippen LogP contribution in [0.2, 0.25) is 0 Å². The van der Waals surface area contributed by atoms with Gasteiger partial charge in [0.15, 0.2) is 9.84 Å². The Kier molecular flexibility index (Phi) is 5.47. The van der Waals surface area contributed by atoms with E-state index in [2.05, 4.69) is 15.7 Å². The lowest BCUT2D eigenvalue weighted by molar-refractivity contribution is -0.136. The van der Waals surface area contributed by atoms with Gasteiger partial charge in [-0.2, -0.15) is 5.10 Å². The first-order valence-corrected chi connectivity index (χ1v) is 11.3. The molecular formula is C21H20N4O5S. The van der Waals surface area contributed by atoms with Gasteiger partial charge in [0.1, 0.15) is 11.6 Å². The Morgan fingerprint density at radius 2 is 1.74 bits per heavy atom. The highest BCUT2D eigenvalue weighted by atomic mass is 32.2. The van der Waals surface area contributed by atoms with Gasteiger partial charge in [-0.15, -0.1) is 0 Å². The Morgan fingerprint density at radius 3 is 2.42 bits per heavy atom. The van der Waals surface area contributed by atoms with Gasteiger partial charge in [-0.05, 0) is 29.8 Å². The molecular weight excluding hydrogens is 420 g/mol. The topological polar surface area (TPSA) is 119 Å². The molecule has 2 aromatic carbocycles. The second-order valence-electron chi connectivity index (χ2n) is 7.04. The highest BCUT2D eigenvalue weighted by Gasteiger charge is 2.33. The number of ether oxygens (including phenoxy) is 1. The Morgan fingerprint density at radius 1 is 1.03 bits per heavy atom. The molecule has 31 heavy (non-hydrogen) atoms. The second kappa shape index (κ2) is 8.23. The molecule has 1 aromatic heterocycles. The van der Waals surface area contributed by atoms with Crippen LogP contribution in [0, 0.1) is 0 Å². The predicted molar refractivity (Wildman–Crippen MR) is 113 cm³/mol. The molecule has 0 spiro atoms. The van der Waals surface area contributed by atoms with Gasteiger partial charge in [-0.3, -0.25) is 9.59 Å². The van der Waals surface area contributed by atoms with E-state index < -0.39 is 21.7 Å². The normalized spacial score (nSPS) is 14.0. The minimum atomic E-state index is -3.34. The van der Waals surface area contributed by atoms with Crippen LogP contribution in [0.5, 0.6) is 5.75 Å². The number of aromatic nitrogens is 2. The maximum Gasteiger partial charge on any atom is 0.314 e. The zero-order valence-electron chi connectivity index (χ0n) is 16.7. The second-order valence-corrected chi connectivity index (χ2v) is 9.10. The molecule has 0 aliphatic carbocycles. The quantitative estimate of drug-likeness (QED) is 0.581. The fourth-order valence-corrected chi connectivity index (χ4v) is 4.80. The van der Waals surface area contributed by atoms with Gasteiger partial charge in [-0.25, -0.2) is 13.1 Å². The van der Waals surface area contributed by atoms with E-state index in [4.69, 9.17) is 4.74 Å². The zero-order chi connectivity index (χ0) is 22.0. The third kappa shape index (κ3) is 4.43. The molecule has 0 saturated heterocycles. The van der Waals surface area contributed by atoms with Crippen LogP contribution in [0.4, 0.5) is 5.82 Å². The molecule has 0 atom stereocenters. The van der Waals surface area contributed by atoms with Crippen LogP contribution < -0.4 is 15.4 Å². The van der Waals surface area contributed by atoms with Crippen molar-refractivity contribution in [3.63, 3.8) is 0 Å². The number of amides is 2. The fourth-order valence-electron chi connectivity index (χ4n) is 3.30. The molecule has 0 radical (unpaired) electrons. The molecule has 9 nitrogen and oxygen atoms in total. The summed E-state index contributed by atoms with van der Waals surface area (Å²) in [6.07, 6.45) is 0. The van der Waals surface area contributed by atoms with Crippen LogP contribution in [0.3, 0.4) is 0 Å². The van der Waals surface area contributed by atoms with E-state index in [1.165, 1.54) is 4.68 Å². The first kappa shape index (κ1) is 20.6. The molecule has 1 aliphatic heterocycles. The summed E-state index contributed by atoms with van der Waals surface area (Å²) in [6.45, 7) is 0.192. The first-order chi connectivity index (χ1) is 14.9.